The molecule has 4 atom stereocenters. The van der Waals surface area contributed by atoms with Crippen LogP contribution in [0.4, 0.5) is 0 Å². The molecule has 0 radical (unpaired) electrons. The fourth-order valence-electron chi connectivity index (χ4n) is 3.78. The number of nitrogens with one attached hydrogen (secondary N) is 3. The van der Waals surface area contributed by atoms with E-state index in [0.717, 1.165) is 0 Å². The molecule has 0 heterocycles. The van der Waals surface area contributed by atoms with Crippen LogP contribution in [0.1, 0.15) is 37.8 Å². The number of nitrogens with two attached hydrogens (primary N) is 1. The second-order valence-corrected chi connectivity index (χ2v) is 9.78. The van der Waals surface area contributed by atoms with Gasteiger partial charge < -0.3 is 37.0 Å². The van der Waals surface area contributed by atoms with E-state index in [2.05, 4.69) is 16.0 Å². The van der Waals surface area contributed by atoms with Gasteiger partial charge in [0, 0.05) is 19.3 Å². The Morgan fingerprint density at radius 1 is 0.725 bits per heavy atom. The highest BCUT2D eigenvalue weighted by molar-refractivity contribution is 5.94. The molecule has 12 heteroatoms. The molecule has 0 fully saturated rings. The van der Waals surface area contributed by atoms with E-state index in [0.29, 0.717) is 11.1 Å². The van der Waals surface area contributed by atoms with Crippen molar-refractivity contribution in [2.75, 3.05) is 0 Å². The van der Waals surface area contributed by atoms with E-state index in [1.165, 1.54) is 12.1 Å². The Balaban J connectivity index is 2.26. The molecule has 12 nitrogen and oxygen atoms in total. The third-order valence-electron chi connectivity index (χ3n) is 6.21. The van der Waals surface area contributed by atoms with Crippen molar-refractivity contribution < 1.29 is 39.3 Å². The van der Waals surface area contributed by atoms with E-state index in [-0.39, 0.29) is 30.9 Å². The van der Waals surface area contributed by atoms with Gasteiger partial charge in [-0.25, -0.2) is 4.79 Å². The SMILES string of the molecule is CC(C)C(N)C(=O)NC(Cc1ccc(O)cc1)C(=O)NC(CCC(=O)O)C(=O)NC(Cc1ccccc1)C(=O)O. The first-order valence-electron chi connectivity index (χ1n) is 12.8. The summed E-state index contributed by atoms with van der Waals surface area (Å²) in [6.07, 6.45) is -0.867. The number of carboxylic acids is 2. The van der Waals surface area contributed by atoms with Gasteiger partial charge in [0.15, 0.2) is 0 Å². The molecule has 0 aliphatic carbocycles. The fraction of sp³-hybridized carbons (Fsp3) is 0.393. The molecule has 4 unspecified atom stereocenters. The quantitative estimate of drug-likeness (QED) is 0.163. The molecule has 3 amide bonds. The van der Waals surface area contributed by atoms with E-state index in [9.17, 15) is 39.3 Å². The molecule has 0 saturated heterocycles. The minimum absolute atomic E-state index is 0.00418. The molecule has 0 aliphatic heterocycles. The molecular weight excluding hydrogens is 520 g/mol. The first kappa shape index (κ1) is 31.8. The van der Waals surface area contributed by atoms with Gasteiger partial charge >= 0.3 is 11.9 Å². The third-order valence-corrected chi connectivity index (χ3v) is 6.21. The molecule has 0 aromatic heterocycles. The summed E-state index contributed by atoms with van der Waals surface area (Å²) >= 11 is 0. The van der Waals surface area contributed by atoms with E-state index in [1.54, 1.807) is 56.3 Å². The van der Waals surface area contributed by atoms with Crippen molar-refractivity contribution in [2.45, 2.75) is 63.7 Å². The van der Waals surface area contributed by atoms with Crippen LogP contribution >= 0.6 is 0 Å². The number of hydrogen-bond donors (Lipinski definition) is 7. The van der Waals surface area contributed by atoms with Crippen LogP contribution in [0.5, 0.6) is 5.75 Å². The van der Waals surface area contributed by atoms with Crippen LogP contribution in [0.15, 0.2) is 54.6 Å². The van der Waals surface area contributed by atoms with Crippen molar-refractivity contribution in [2.24, 2.45) is 11.7 Å². The zero-order valence-corrected chi connectivity index (χ0v) is 22.4. The van der Waals surface area contributed by atoms with Crippen LogP contribution in [0.2, 0.25) is 0 Å². The molecule has 216 valence electrons. The van der Waals surface area contributed by atoms with Crippen LogP contribution in [0.25, 0.3) is 0 Å². The van der Waals surface area contributed by atoms with Crippen molar-refractivity contribution >= 4 is 29.7 Å². The summed E-state index contributed by atoms with van der Waals surface area (Å²) in [4.78, 5) is 62.3. The highest BCUT2D eigenvalue weighted by Gasteiger charge is 2.31. The highest BCUT2D eigenvalue weighted by Crippen LogP contribution is 2.13. The zero-order chi connectivity index (χ0) is 29.8. The number of aromatic hydroxyl groups is 1. The monoisotopic (exact) mass is 556 g/mol. The van der Waals surface area contributed by atoms with Crippen molar-refractivity contribution in [3.05, 3.63) is 65.7 Å². The van der Waals surface area contributed by atoms with E-state index in [1.807, 2.05) is 0 Å². The Kier molecular flexibility index (Phi) is 12.1. The Labute approximate surface area is 232 Å². The lowest BCUT2D eigenvalue weighted by Crippen LogP contribution is -2.58. The maximum absolute atomic E-state index is 13.4. The zero-order valence-electron chi connectivity index (χ0n) is 22.4. The van der Waals surface area contributed by atoms with Gasteiger partial charge in [0.2, 0.25) is 17.7 Å². The van der Waals surface area contributed by atoms with Gasteiger partial charge in [-0.3, -0.25) is 19.2 Å². The number of rotatable bonds is 15. The topological polar surface area (TPSA) is 208 Å². The van der Waals surface area contributed by atoms with Crippen LogP contribution in [0.3, 0.4) is 0 Å². The van der Waals surface area contributed by atoms with Crippen molar-refractivity contribution in [1.82, 2.24) is 16.0 Å². The van der Waals surface area contributed by atoms with E-state index < -0.39 is 60.2 Å². The number of aliphatic carboxylic acids is 2. The Morgan fingerprint density at radius 2 is 1.23 bits per heavy atom. The number of amides is 3. The highest BCUT2D eigenvalue weighted by atomic mass is 16.4. The summed E-state index contributed by atoms with van der Waals surface area (Å²) in [5.41, 5.74) is 7.17. The molecule has 2 rings (SSSR count). The maximum Gasteiger partial charge on any atom is 0.326 e. The normalized spacial score (nSPS) is 13.9. The number of benzene rings is 2. The minimum Gasteiger partial charge on any atom is -0.508 e. The van der Waals surface area contributed by atoms with E-state index in [4.69, 9.17) is 5.73 Å². The summed E-state index contributed by atoms with van der Waals surface area (Å²) in [5.74, 6) is -5.03. The lowest BCUT2D eigenvalue weighted by atomic mass is 10.0. The summed E-state index contributed by atoms with van der Waals surface area (Å²) in [6, 6.07) is 9.67. The summed E-state index contributed by atoms with van der Waals surface area (Å²) in [6.45, 7) is 3.47. The van der Waals surface area contributed by atoms with Gasteiger partial charge in [0.05, 0.1) is 6.04 Å². The average molecular weight is 557 g/mol. The minimum atomic E-state index is -1.40. The molecule has 40 heavy (non-hydrogen) atoms. The van der Waals surface area contributed by atoms with Crippen molar-refractivity contribution in [1.29, 1.82) is 0 Å². The van der Waals surface area contributed by atoms with Gasteiger partial charge in [-0.05, 0) is 35.6 Å². The first-order chi connectivity index (χ1) is 18.9. The Morgan fingerprint density at radius 3 is 1.77 bits per heavy atom. The van der Waals surface area contributed by atoms with Gasteiger partial charge in [0.1, 0.15) is 23.9 Å². The summed E-state index contributed by atoms with van der Waals surface area (Å²) in [7, 11) is 0. The Bertz CT molecular complexity index is 1170. The average Bonchev–Trinajstić information content (AvgIpc) is 2.91. The molecule has 0 spiro atoms. The second kappa shape index (κ2) is 15.2. The smallest absolute Gasteiger partial charge is 0.326 e. The number of phenolic OH excluding ortho intramolecular Hbond substituents is 1. The predicted molar refractivity (Wildman–Crippen MR) is 145 cm³/mol. The van der Waals surface area contributed by atoms with E-state index >= 15 is 0 Å². The van der Waals surface area contributed by atoms with Gasteiger partial charge in [0.25, 0.3) is 0 Å². The lowest BCUT2D eigenvalue weighted by molar-refractivity contribution is -0.143. The standard InChI is InChI=1S/C28H36N4O8/c1-16(2)24(29)27(38)31-21(14-18-8-10-19(33)11-9-18)26(37)30-20(12-13-23(34)35)25(36)32-22(28(39)40)15-17-6-4-3-5-7-17/h3-11,16,20-22,24,33H,12-15,29H2,1-2H3,(H,30,37)(H,31,38)(H,32,36)(H,34,35)(H,39,40). The van der Waals surface area contributed by atoms with Crippen LogP contribution in [-0.4, -0.2) is 69.1 Å². The molecular formula is C28H36N4O8. The molecule has 2 aromatic rings. The third kappa shape index (κ3) is 10.4. The van der Waals surface area contributed by atoms with Gasteiger partial charge in [-0.15, -0.1) is 0 Å². The lowest BCUT2D eigenvalue weighted by Gasteiger charge is -2.26. The molecule has 8 N–H and O–H groups in total. The van der Waals surface area contributed by atoms with Crippen LogP contribution < -0.4 is 21.7 Å². The molecule has 2 aromatic carbocycles. The van der Waals surface area contributed by atoms with Gasteiger partial charge in [-0.1, -0.05) is 56.3 Å². The second-order valence-electron chi connectivity index (χ2n) is 9.78. The predicted octanol–water partition coefficient (Wildman–Crippen LogP) is 0.565. The summed E-state index contributed by atoms with van der Waals surface area (Å²) in [5, 5.41) is 35.8. The molecule has 0 aliphatic rings. The summed E-state index contributed by atoms with van der Waals surface area (Å²) < 4.78 is 0. The fourth-order valence-corrected chi connectivity index (χ4v) is 3.78. The maximum atomic E-state index is 13.4. The number of carboxylic acid groups (broad SMARTS) is 2. The first-order valence-corrected chi connectivity index (χ1v) is 12.8. The van der Waals surface area contributed by atoms with Crippen molar-refractivity contribution in [3.63, 3.8) is 0 Å². The number of phenols is 1. The number of carbonyl (C=O) groups is 5. The number of hydrogen-bond acceptors (Lipinski definition) is 7. The molecule has 0 bridgehead atoms. The van der Waals surface area contributed by atoms with Crippen LogP contribution in [0, 0.1) is 5.92 Å². The Hall–Kier alpha value is -4.45. The largest absolute Gasteiger partial charge is 0.508 e. The number of carbonyl (C=O) groups excluding carboxylic acids is 3. The van der Waals surface area contributed by atoms with Crippen molar-refractivity contribution in [3.8, 4) is 5.75 Å². The molecule has 0 saturated carbocycles. The van der Waals surface area contributed by atoms with Crippen LogP contribution in [-0.2, 0) is 36.8 Å². The van der Waals surface area contributed by atoms with Gasteiger partial charge in [-0.2, -0.15) is 0 Å².